The zero-order chi connectivity index (χ0) is 13.7. The lowest BCUT2D eigenvalue weighted by atomic mass is 9.79. The number of hydrogen-bond acceptors (Lipinski definition) is 2. The first-order valence-electron chi connectivity index (χ1n) is 7.40. The third-order valence-electron chi connectivity index (χ3n) is 5.37. The van der Waals surface area contributed by atoms with Gasteiger partial charge in [0.1, 0.15) is 11.4 Å². The molecule has 3 atom stereocenters. The summed E-state index contributed by atoms with van der Waals surface area (Å²) in [7, 11) is 0. The molecule has 4 heteroatoms. The molecule has 2 N–H and O–H groups in total. The number of rotatable bonds is 2. The molecule has 2 saturated carbocycles. The van der Waals surface area contributed by atoms with Gasteiger partial charge in [0, 0.05) is 6.54 Å². The number of amidine groups is 1. The summed E-state index contributed by atoms with van der Waals surface area (Å²) in [6.07, 6.45) is 4.67. The monoisotopic (exact) mass is 269 g/mol. The summed E-state index contributed by atoms with van der Waals surface area (Å²) in [5, 5.41) is 0. The van der Waals surface area contributed by atoms with Crippen molar-refractivity contribution in [2.75, 3.05) is 0 Å². The Morgan fingerprint density at radius 3 is 2.75 bits per heavy atom. The fourth-order valence-corrected chi connectivity index (χ4v) is 4.49. The van der Waals surface area contributed by atoms with Crippen LogP contribution in [-0.2, 0) is 6.54 Å². The van der Waals surface area contributed by atoms with Gasteiger partial charge in [-0.2, -0.15) is 4.99 Å². The van der Waals surface area contributed by atoms with Crippen molar-refractivity contribution in [3.05, 3.63) is 35.9 Å². The van der Waals surface area contributed by atoms with Gasteiger partial charge in [0.05, 0.1) is 0 Å². The van der Waals surface area contributed by atoms with Crippen LogP contribution in [0.2, 0.25) is 0 Å². The number of carbonyl (C=O) groups is 1. The van der Waals surface area contributed by atoms with E-state index < -0.39 is 0 Å². The zero-order valence-electron chi connectivity index (χ0n) is 11.5. The topological polar surface area (TPSA) is 58.7 Å². The Morgan fingerprint density at radius 1 is 1.30 bits per heavy atom. The molecule has 2 aliphatic carbocycles. The number of amides is 2. The van der Waals surface area contributed by atoms with Crippen molar-refractivity contribution in [2.24, 2.45) is 22.6 Å². The number of aliphatic imine (C=N–C) groups is 1. The van der Waals surface area contributed by atoms with Crippen LogP contribution in [0.1, 0.15) is 31.2 Å². The molecule has 0 radical (unpaired) electrons. The molecule has 2 fully saturated rings. The third kappa shape index (κ3) is 1.48. The molecule has 2 amide bonds. The minimum atomic E-state index is -0.282. The van der Waals surface area contributed by atoms with Crippen LogP contribution < -0.4 is 5.73 Å². The molecule has 1 spiro atoms. The molecule has 3 aliphatic rings. The number of urea groups is 1. The van der Waals surface area contributed by atoms with E-state index in [1.165, 1.54) is 19.3 Å². The minimum absolute atomic E-state index is 0.154. The normalized spacial score (nSPS) is 35.1. The first-order chi connectivity index (χ1) is 9.70. The Labute approximate surface area is 118 Å². The smallest absolute Gasteiger partial charge is 0.346 e. The largest absolute Gasteiger partial charge is 0.385 e. The lowest BCUT2D eigenvalue weighted by Gasteiger charge is -2.41. The second kappa shape index (κ2) is 4.08. The average Bonchev–Trinajstić information content (AvgIpc) is 3.11. The van der Waals surface area contributed by atoms with E-state index in [4.69, 9.17) is 5.73 Å². The second-order valence-electron chi connectivity index (χ2n) is 6.36. The van der Waals surface area contributed by atoms with Gasteiger partial charge >= 0.3 is 6.03 Å². The van der Waals surface area contributed by atoms with E-state index in [2.05, 4.69) is 17.1 Å². The number of fused-ring (bicyclic) bond motifs is 3. The lowest BCUT2D eigenvalue weighted by molar-refractivity contribution is 0.125. The predicted octanol–water partition coefficient (Wildman–Crippen LogP) is 2.54. The molecule has 1 heterocycles. The predicted molar refractivity (Wildman–Crippen MR) is 77.2 cm³/mol. The maximum Gasteiger partial charge on any atom is 0.346 e. The summed E-state index contributed by atoms with van der Waals surface area (Å²) in [6, 6.07) is 9.97. The van der Waals surface area contributed by atoms with Gasteiger partial charge in [0.25, 0.3) is 0 Å². The Kier molecular flexibility index (Phi) is 2.43. The van der Waals surface area contributed by atoms with Crippen LogP contribution in [0, 0.1) is 11.8 Å². The maximum absolute atomic E-state index is 12.3. The molecule has 0 saturated heterocycles. The van der Waals surface area contributed by atoms with E-state index in [1.54, 1.807) is 0 Å². The fourth-order valence-electron chi connectivity index (χ4n) is 4.49. The van der Waals surface area contributed by atoms with Crippen molar-refractivity contribution in [1.29, 1.82) is 0 Å². The van der Waals surface area contributed by atoms with E-state index in [-0.39, 0.29) is 11.6 Å². The molecular formula is C16H19N3O. The van der Waals surface area contributed by atoms with Gasteiger partial charge in [0.15, 0.2) is 0 Å². The highest BCUT2D eigenvalue weighted by atomic mass is 16.2. The summed E-state index contributed by atoms with van der Waals surface area (Å²) in [6.45, 7) is 0.618. The van der Waals surface area contributed by atoms with E-state index in [0.717, 1.165) is 17.9 Å². The van der Waals surface area contributed by atoms with Crippen LogP contribution in [0.15, 0.2) is 35.3 Å². The molecule has 104 valence electrons. The first kappa shape index (κ1) is 11.9. The standard InChI is InChI=1S/C16H19N3O/c17-14-16(9-12-6-7-13(16)8-12)19(15(20)18-14)10-11-4-2-1-3-5-11/h1-5,12-13H,6-10H2,(H2,17,18,20). The van der Waals surface area contributed by atoms with Crippen LogP contribution >= 0.6 is 0 Å². The van der Waals surface area contributed by atoms with Crippen LogP contribution in [0.3, 0.4) is 0 Å². The number of benzene rings is 1. The van der Waals surface area contributed by atoms with Gasteiger partial charge < -0.3 is 10.6 Å². The molecule has 1 aliphatic heterocycles. The summed E-state index contributed by atoms with van der Waals surface area (Å²) < 4.78 is 0. The highest BCUT2D eigenvalue weighted by molar-refractivity contribution is 6.06. The lowest BCUT2D eigenvalue weighted by Crippen LogP contribution is -2.57. The van der Waals surface area contributed by atoms with Crippen LogP contribution in [0.4, 0.5) is 4.79 Å². The summed E-state index contributed by atoms with van der Waals surface area (Å²) in [5.74, 6) is 1.79. The Bertz CT molecular complexity index is 583. The van der Waals surface area contributed by atoms with Gasteiger partial charge in [0.2, 0.25) is 0 Å². The number of hydrogen-bond donors (Lipinski definition) is 1. The van der Waals surface area contributed by atoms with Crippen molar-refractivity contribution in [3.63, 3.8) is 0 Å². The fraction of sp³-hybridized carbons (Fsp3) is 0.500. The highest BCUT2D eigenvalue weighted by Gasteiger charge is 2.60. The van der Waals surface area contributed by atoms with Crippen LogP contribution in [-0.4, -0.2) is 22.3 Å². The van der Waals surface area contributed by atoms with Crippen molar-refractivity contribution < 1.29 is 4.79 Å². The van der Waals surface area contributed by atoms with Gasteiger partial charge in [-0.3, -0.25) is 0 Å². The van der Waals surface area contributed by atoms with Crippen molar-refractivity contribution in [1.82, 2.24) is 4.90 Å². The molecule has 3 unspecified atom stereocenters. The Morgan fingerprint density at radius 2 is 2.10 bits per heavy atom. The quantitative estimate of drug-likeness (QED) is 0.897. The van der Waals surface area contributed by atoms with Gasteiger partial charge in [-0.15, -0.1) is 0 Å². The van der Waals surface area contributed by atoms with Crippen LogP contribution in [0.5, 0.6) is 0 Å². The van der Waals surface area contributed by atoms with E-state index in [1.807, 2.05) is 23.1 Å². The number of nitrogens with two attached hydrogens (primary N) is 1. The SMILES string of the molecule is NC1=NC(=O)N(Cc2ccccc2)C12CC1CCC2C1. The second-order valence-corrected chi connectivity index (χ2v) is 6.36. The summed E-state index contributed by atoms with van der Waals surface area (Å²) in [4.78, 5) is 18.3. The van der Waals surface area contributed by atoms with E-state index >= 15 is 0 Å². The van der Waals surface area contributed by atoms with Gasteiger partial charge in [-0.1, -0.05) is 30.3 Å². The Balaban J connectivity index is 1.69. The van der Waals surface area contributed by atoms with E-state index in [0.29, 0.717) is 18.3 Å². The molecule has 1 aromatic carbocycles. The molecular weight excluding hydrogens is 250 g/mol. The molecule has 0 aromatic heterocycles. The average molecular weight is 269 g/mol. The minimum Gasteiger partial charge on any atom is -0.385 e. The van der Waals surface area contributed by atoms with Crippen molar-refractivity contribution >= 4 is 11.9 Å². The zero-order valence-corrected chi connectivity index (χ0v) is 11.5. The van der Waals surface area contributed by atoms with Crippen molar-refractivity contribution in [2.45, 2.75) is 37.8 Å². The molecule has 4 nitrogen and oxygen atoms in total. The molecule has 20 heavy (non-hydrogen) atoms. The first-order valence-corrected chi connectivity index (χ1v) is 7.40. The van der Waals surface area contributed by atoms with Crippen molar-refractivity contribution in [3.8, 4) is 0 Å². The van der Waals surface area contributed by atoms with Gasteiger partial charge in [-0.25, -0.2) is 4.79 Å². The summed E-state index contributed by atoms with van der Waals surface area (Å²) in [5.41, 5.74) is 7.05. The highest BCUT2D eigenvalue weighted by Crippen LogP contribution is 2.55. The Hall–Kier alpha value is -1.84. The molecule has 4 rings (SSSR count). The maximum atomic E-state index is 12.3. The van der Waals surface area contributed by atoms with Crippen LogP contribution in [0.25, 0.3) is 0 Å². The number of nitrogens with zero attached hydrogens (tertiary/aromatic N) is 2. The third-order valence-corrected chi connectivity index (χ3v) is 5.37. The summed E-state index contributed by atoms with van der Waals surface area (Å²) >= 11 is 0. The number of carbonyl (C=O) groups excluding carboxylic acids is 1. The van der Waals surface area contributed by atoms with E-state index in [9.17, 15) is 4.79 Å². The molecule has 2 bridgehead atoms. The molecule has 1 aromatic rings. The van der Waals surface area contributed by atoms with Gasteiger partial charge in [-0.05, 0) is 43.1 Å².